The molecule has 0 aromatic carbocycles. The fourth-order valence-corrected chi connectivity index (χ4v) is 9.68. The second kappa shape index (κ2) is 29.0. The van der Waals surface area contributed by atoms with Crippen LogP contribution in [0.25, 0.3) is 0 Å². The van der Waals surface area contributed by atoms with Crippen molar-refractivity contribution in [2.45, 2.75) is 205 Å². The number of carbonyl (C=O) groups excluding carboxylic acids is 3. The molecule has 20 N–H and O–H groups in total. The van der Waals surface area contributed by atoms with Gasteiger partial charge in [0.15, 0.2) is 25.2 Å². The third-order valence-corrected chi connectivity index (χ3v) is 13.6. The summed E-state index contributed by atoms with van der Waals surface area (Å²) in [5.74, 6) is -8.05. The Kier molecular flexibility index (Phi) is 24.4. The van der Waals surface area contributed by atoms with Crippen LogP contribution in [0, 0.1) is 0 Å². The maximum absolute atomic E-state index is 13.5. The summed E-state index contributed by atoms with van der Waals surface area (Å²) in [6.07, 6.45) is -43.4. The van der Waals surface area contributed by atoms with E-state index in [0.29, 0.717) is 25.8 Å². The van der Waals surface area contributed by atoms with Crippen LogP contribution in [0.3, 0.4) is 0 Å². The molecule has 33 heteroatoms. The molecular weight excluding hydrogens is 1050 g/mol. The molecule has 77 heavy (non-hydrogen) atoms. The molecule has 0 aliphatic carbocycles. The quantitative estimate of drug-likeness (QED) is 0.0378. The maximum atomic E-state index is 13.5. The van der Waals surface area contributed by atoms with Gasteiger partial charge in [-0.15, -0.1) is 0 Å². The summed E-state index contributed by atoms with van der Waals surface area (Å²) in [7, 11) is 0. The van der Waals surface area contributed by atoms with E-state index in [1.807, 2.05) is 0 Å². The van der Waals surface area contributed by atoms with E-state index in [1.54, 1.807) is 0 Å². The Labute approximate surface area is 439 Å². The highest BCUT2D eigenvalue weighted by Gasteiger charge is 2.62. The minimum absolute atomic E-state index is 0.0199. The van der Waals surface area contributed by atoms with Crippen molar-refractivity contribution in [3.8, 4) is 0 Å². The Bertz CT molecular complexity index is 1890. The first-order chi connectivity index (χ1) is 36.4. The number of carbonyl (C=O) groups is 4. The van der Waals surface area contributed by atoms with Crippen molar-refractivity contribution in [2.24, 2.45) is 5.73 Å². The van der Waals surface area contributed by atoms with Crippen molar-refractivity contribution in [1.82, 2.24) is 16.0 Å². The number of aliphatic hydroxyl groups is 14. The zero-order valence-corrected chi connectivity index (χ0v) is 42.2. The lowest BCUT2D eigenvalue weighted by Gasteiger charge is -2.52. The summed E-state index contributed by atoms with van der Waals surface area (Å²) in [5.41, 5.74) is 5.56. The first-order valence-electron chi connectivity index (χ1n) is 24.9. The van der Waals surface area contributed by atoms with Gasteiger partial charge in [-0.05, 0) is 25.8 Å². The summed E-state index contributed by atoms with van der Waals surface area (Å²) in [6.45, 7) is -1.86. The number of nitrogens with two attached hydrogens (primary N) is 1. The Hall–Kier alpha value is -3.12. The van der Waals surface area contributed by atoms with Crippen molar-refractivity contribution in [3.63, 3.8) is 0 Å². The lowest BCUT2D eigenvalue weighted by molar-refractivity contribution is -0.399. The average Bonchev–Trinajstić information content (AvgIpc) is 3.38. The Balaban J connectivity index is 1.59. The summed E-state index contributed by atoms with van der Waals surface area (Å²) in [6, 6.07) is -5.32. The van der Waals surface area contributed by atoms with E-state index in [-0.39, 0.29) is 6.61 Å². The van der Waals surface area contributed by atoms with Crippen LogP contribution in [0.1, 0.15) is 46.5 Å². The second-order valence-electron chi connectivity index (χ2n) is 19.3. The molecule has 5 rings (SSSR count). The molecule has 5 fully saturated rings. The average molecular weight is 1130 g/mol. The van der Waals surface area contributed by atoms with Crippen LogP contribution in [0.4, 0.5) is 0 Å². The van der Waals surface area contributed by atoms with Gasteiger partial charge in [0, 0.05) is 33.8 Å². The molecule has 26 atom stereocenters. The Morgan fingerprint density at radius 3 is 1.60 bits per heavy atom. The molecule has 5 saturated heterocycles. The molecule has 0 saturated carbocycles. The number of hydrogen-bond acceptors (Lipinski definition) is 29. The topological polar surface area (TPSA) is 526 Å². The third kappa shape index (κ3) is 15.3. The van der Waals surface area contributed by atoms with Crippen LogP contribution in [0.15, 0.2) is 0 Å². The van der Waals surface area contributed by atoms with Gasteiger partial charge in [-0.1, -0.05) is 0 Å². The van der Waals surface area contributed by atoms with Crippen LogP contribution in [0.5, 0.6) is 0 Å². The molecule has 5 aliphatic rings. The second-order valence-corrected chi connectivity index (χ2v) is 19.3. The number of ether oxygens (including phenoxy) is 10. The highest BCUT2D eigenvalue weighted by molar-refractivity contribution is 5.77. The van der Waals surface area contributed by atoms with Gasteiger partial charge >= 0.3 is 5.97 Å². The van der Waals surface area contributed by atoms with Gasteiger partial charge in [-0.25, -0.2) is 4.79 Å². The van der Waals surface area contributed by atoms with Crippen molar-refractivity contribution in [1.29, 1.82) is 0 Å². The molecule has 0 aromatic rings. The number of hydrogen-bond donors (Lipinski definition) is 19. The van der Waals surface area contributed by atoms with E-state index in [0.717, 1.165) is 20.8 Å². The van der Waals surface area contributed by atoms with Gasteiger partial charge in [-0.3, -0.25) is 14.4 Å². The first kappa shape index (κ1) is 64.7. The van der Waals surface area contributed by atoms with Crippen molar-refractivity contribution in [2.75, 3.05) is 46.2 Å². The number of carboxylic acid groups (broad SMARTS) is 1. The first-order valence-corrected chi connectivity index (χ1v) is 24.9. The highest BCUT2D eigenvalue weighted by Crippen LogP contribution is 2.41. The molecule has 3 amide bonds. The minimum Gasteiger partial charge on any atom is -0.477 e. The largest absolute Gasteiger partial charge is 0.477 e. The number of nitrogens with one attached hydrogen (secondary N) is 3. The van der Waals surface area contributed by atoms with E-state index < -0.39 is 222 Å². The van der Waals surface area contributed by atoms with Crippen LogP contribution < -0.4 is 21.7 Å². The molecule has 5 heterocycles. The predicted octanol–water partition coefficient (Wildman–Crippen LogP) is -11.1. The molecule has 0 aromatic heterocycles. The van der Waals surface area contributed by atoms with Crippen molar-refractivity contribution < 1.29 is 143 Å². The molecule has 5 aliphatic heterocycles. The summed E-state index contributed by atoms with van der Waals surface area (Å²) >= 11 is 0. The fourth-order valence-electron chi connectivity index (χ4n) is 9.68. The predicted molar refractivity (Wildman–Crippen MR) is 245 cm³/mol. The van der Waals surface area contributed by atoms with Crippen molar-refractivity contribution >= 4 is 23.7 Å². The zero-order chi connectivity index (χ0) is 57.2. The third-order valence-electron chi connectivity index (χ3n) is 13.6. The molecule has 0 bridgehead atoms. The maximum Gasteiger partial charge on any atom is 0.364 e. The number of rotatable bonds is 25. The van der Waals surface area contributed by atoms with E-state index in [4.69, 9.17) is 53.1 Å². The lowest BCUT2D eigenvalue weighted by atomic mass is 9.88. The number of unbranched alkanes of at least 4 members (excludes halogenated alkanes) is 2. The van der Waals surface area contributed by atoms with Gasteiger partial charge in [0.05, 0.1) is 45.2 Å². The number of carboxylic acids is 1. The van der Waals surface area contributed by atoms with Gasteiger partial charge in [0.1, 0.15) is 116 Å². The molecule has 33 nitrogen and oxygen atoms in total. The van der Waals surface area contributed by atoms with Crippen molar-refractivity contribution in [3.05, 3.63) is 0 Å². The highest BCUT2D eigenvalue weighted by atomic mass is 16.8. The van der Waals surface area contributed by atoms with Gasteiger partial charge in [0.25, 0.3) is 5.79 Å². The number of aliphatic carboxylic acids is 1. The normalized spacial score (nSPS) is 42.4. The van der Waals surface area contributed by atoms with Gasteiger partial charge < -0.3 is 146 Å². The van der Waals surface area contributed by atoms with Crippen LogP contribution in [-0.2, 0) is 66.5 Å². The molecular formula is C44H76N4O29. The number of amides is 3. The van der Waals surface area contributed by atoms with E-state index >= 15 is 0 Å². The minimum atomic E-state index is -3.33. The SMILES string of the molecule is CC(=O)NC1[C@H](O[C@@H]2[C@H](O[C@@]3(C(=O)O)C[C@@H](O)[C@H](NC(C)=O)[C@@H](C(O)C(O)CO)O3)[C@@H](O)[C@H](O[C@H]3[C@H](O)[C@@H](CO)O[C@@H](O[C@H]4[C@@H](O)[C@@H](CO)O[C@@H](OCCCCCN)[C@@H]4O)[C@@H]3NC(C)=O)O[C@@H]2CO)O[C@H](CO)[C@H](O)[C@@H]1O. The fraction of sp³-hybridized carbons (Fsp3) is 0.909. The molecule has 446 valence electrons. The zero-order valence-electron chi connectivity index (χ0n) is 42.2. The summed E-state index contributed by atoms with van der Waals surface area (Å²) in [4.78, 5) is 51.1. The van der Waals surface area contributed by atoms with E-state index in [9.17, 15) is 95.8 Å². The molecule has 0 spiro atoms. The summed E-state index contributed by atoms with van der Waals surface area (Å²) < 4.78 is 59.1. The smallest absolute Gasteiger partial charge is 0.364 e. The van der Waals surface area contributed by atoms with E-state index in [2.05, 4.69) is 16.0 Å². The van der Waals surface area contributed by atoms with Crippen LogP contribution in [0.2, 0.25) is 0 Å². The molecule has 0 radical (unpaired) electrons. The van der Waals surface area contributed by atoms with Gasteiger partial charge in [-0.2, -0.15) is 0 Å². The van der Waals surface area contributed by atoms with Crippen LogP contribution >= 0.6 is 0 Å². The molecule has 3 unspecified atom stereocenters. The standard InChI is InChI=1S/C44H76N4O29/c1-15(54)46-24-18(57)9-44(43(66)67,76-36(24)27(59)19(58)10-49)77-38-33(65)42(72-23(14-53)34(38)73-39-25(47-16(2)55)31(63)28(60)20(11-50)69-39)74-35-26(48-17(3)56)40(70-21(12-51)29(35)61)75-37-30(62)22(13-52)71-41(32(37)64)68-8-6-4-5-7-45/h18-42,49-53,57-65H,4-14,45H2,1-3H3,(H,46,54)(H,47,55)(H,48,56)(H,66,67)/t18-,19?,20-,21-,22-,23-,24+,25?,26-,27?,28+,29-,30+,31-,32-,33-,34+,35-,36+,37+,38-,39+,40+,41-,42+,44-/m1/s1. The Morgan fingerprint density at radius 1 is 0.571 bits per heavy atom. The van der Waals surface area contributed by atoms with E-state index in [1.165, 1.54) is 0 Å². The lowest BCUT2D eigenvalue weighted by Crippen LogP contribution is -2.72. The van der Waals surface area contributed by atoms with Crippen LogP contribution in [-0.4, -0.2) is 305 Å². The van der Waals surface area contributed by atoms with Gasteiger partial charge in [0.2, 0.25) is 17.7 Å². The Morgan fingerprint density at radius 2 is 1.05 bits per heavy atom. The monoisotopic (exact) mass is 1120 g/mol. The summed E-state index contributed by atoms with van der Waals surface area (Å²) in [5, 5.41) is 171. The number of aliphatic hydroxyl groups excluding tert-OH is 14.